The van der Waals surface area contributed by atoms with E-state index in [4.69, 9.17) is 21.6 Å². The van der Waals surface area contributed by atoms with Gasteiger partial charge in [-0.1, -0.05) is 33.6 Å². The highest BCUT2D eigenvalue weighted by molar-refractivity contribution is 9.08. The smallest absolute Gasteiger partial charge is 0.137 e. The Morgan fingerprint density at radius 1 is 1.37 bits per heavy atom. The Hall–Kier alpha value is -0.720. The first-order valence-electron chi connectivity index (χ1n) is 6.37. The molecule has 0 bridgehead atoms. The van der Waals surface area contributed by atoms with Crippen molar-refractivity contribution in [3.05, 3.63) is 28.8 Å². The van der Waals surface area contributed by atoms with Crippen LogP contribution in [0, 0.1) is 16.7 Å². The molecule has 0 atom stereocenters. The second-order valence-electron chi connectivity index (χ2n) is 5.20. The number of rotatable bonds is 7. The fourth-order valence-corrected chi connectivity index (χ4v) is 2.26. The molecule has 0 aliphatic carbocycles. The van der Waals surface area contributed by atoms with Gasteiger partial charge in [0.1, 0.15) is 5.75 Å². The van der Waals surface area contributed by atoms with Gasteiger partial charge in [0.05, 0.1) is 23.1 Å². The SMILES string of the molecule is CC(C)(C#N)CCCCOc1ccc(CBr)cc1Cl. The van der Waals surface area contributed by atoms with Gasteiger partial charge in [-0.15, -0.1) is 0 Å². The van der Waals surface area contributed by atoms with Crippen LogP contribution in [-0.4, -0.2) is 6.61 Å². The molecule has 1 rings (SSSR count). The summed E-state index contributed by atoms with van der Waals surface area (Å²) in [7, 11) is 0. The molecular formula is C15H19BrClNO. The van der Waals surface area contributed by atoms with Crippen LogP contribution in [0.4, 0.5) is 0 Å². The molecule has 0 radical (unpaired) electrons. The number of nitriles is 1. The summed E-state index contributed by atoms with van der Waals surface area (Å²) in [5.74, 6) is 0.728. The minimum absolute atomic E-state index is 0.241. The third-order valence-electron chi connectivity index (χ3n) is 2.91. The molecule has 1 aromatic carbocycles. The lowest BCUT2D eigenvalue weighted by molar-refractivity contribution is 0.295. The van der Waals surface area contributed by atoms with Gasteiger partial charge in [-0.25, -0.2) is 0 Å². The maximum absolute atomic E-state index is 8.91. The zero-order valence-corrected chi connectivity index (χ0v) is 13.7. The van der Waals surface area contributed by atoms with Gasteiger partial charge in [0.25, 0.3) is 0 Å². The van der Waals surface area contributed by atoms with Crippen molar-refractivity contribution < 1.29 is 4.74 Å². The van der Waals surface area contributed by atoms with Gasteiger partial charge in [-0.2, -0.15) is 5.26 Å². The molecule has 0 aliphatic rings. The number of nitrogens with zero attached hydrogens (tertiary/aromatic N) is 1. The Balaban J connectivity index is 2.32. The molecule has 0 fully saturated rings. The van der Waals surface area contributed by atoms with Crippen molar-refractivity contribution in [2.45, 2.75) is 38.4 Å². The topological polar surface area (TPSA) is 33.0 Å². The molecule has 2 nitrogen and oxygen atoms in total. The number of alkyl halides is 1. The predicted molar refractivity (Wildman–Crippen MR) is 82.8 cm³/mol. The number of hydrogen-bond donors (Lipinski definition) is 0. The number of ether oxygens (including phenoxy) is 1. The highest BCUT2D eigenvalue weighted by atomic mass is 79.9. The van der Waals surface area contributed by atoms with Crippen molar-refractivity contribution in [3.8, 4) is 11.8 Å². The third-order valence-corrected chi connectivity index (χ3v) is 3.85. The lowest BCUT2D eigenvalue weighted by atomic mass is 9.89. The molecule has 0 unspecified atom stereocenters. The van der Waals surface area contributed by atoms with Crippen LogP contribution in [0.15, 0.2) is 18.2 Å². The van der Waals surface area contributed by atoms with Crippen LogP contribution in [0.1, 0.15) is 38.7 Å². The van der Waals surface area contributed by atoms with E-state index in [2.05, 4.69) is 22.0 Å². The summed E-state index contributed by atoms with van der Waals surface area (Å²) in [5, 5.41) is 10.3. The fourth-order valence-electron chi connectivity index (χ4n) is 1.65. The van der Waals surface area contributed by atoms with Gasteiger partial charge < -0.3 is 4.74 Å². The summed E-state index contributed by atoms with van der Waals surface area (Å²) in [4.78, 5) is 0. The maximum Gasteiger partial charge on any atom is 0.137 e. The molecule has 0 aliphatic heterocycles. The molecule has 0 spiro atoms. The summed E-state index contributed by atoms with van der Waals surface area (Å²) in [5.41, 5.74) is 0.892. The minimum Gasteiger partial charge on any atom is -0.492 e. The lowest BCUT2D eigenvalue weighted by Crippen LogP contribution is -2.08. The van der Waals surface area contributed by atoms with Gasteiger partial charge in [-0.3, -0.25) is 0 Å². The average molecular weight is 345 g/mol. The van der Waals surface area contributed by atoms with E-state index >= 15 is 0 Å². The zero-order valence-electron chi connectivity index (χ0n) is 11.4. The summed E-state index contributed by atoms with van der Waals surface area (Å²) in [6.07, 6.45) is 2.81. The van der Waals surface area contributed by atoms with Crippen molar-refractivity contribution in [2.24, 2.45) is 5.41 Å². The zero-order chi connectivity index (χ0) is 14.3. The fraction of sp³-hybridized carbons (Fsp3) is 0.533. The van der Waals surface area contributed by atoms with Crippen LogP contribution in [0.25, 0.3) is 0 Å². The Kier molecular flexibility index (Phi) is 6.68. The summed E-state index contributed by atoms with van der Waals surface area (Å²) in [6.45, 7) is 4.56. The van der Waals surface area contributed by atoms with Crippen LogP contribution in [0.2, 0.25) is 5.02 Å². The van der Waals surface area contributed by atoms with E-state index < -0.39 is 0 Å². The van der Waals surface area contributed by atoms with Crippen molar-refractivity contribution in [1.29, 1.82) is 5.26 Å². The molecule has 104 valence electrons. The van der Waals surface area contributed by atoms with Gasteiger partial charge in [0.2, 0.25) is 0 Å². The molecular weight excluding hydrogens is 326 g/mol. The first-order chi connectivity index (χ1) is 8.98. The number of hydrogen-bond acceptors (Lipinski definition) is 2. The predicted octanol–water partition coefficient (Wildman–Crippen LogP) is 5.33. The minimum atomic E-state index is -0.241. The van der Waals surface area contributed by atoms with E-state index in [9.17, 15) is 0 Å². The Morgan fingerprint density at radius 3 is 2.68 bits per heavy atom. The van der Waals surface area contributed by atoms with Crippen LogP contribution in [0.3, 0.4) is 0 Å². The van der Waals surface area contributed by atoms with E-state index in [0.29, 0.717) is 11.6 Å². The second kappa shape index (κ2) is 7.77. The Morgan fingerprint density at radius 2 is 2.11 bits per heavy atom. The number of benzene rings is 1. The molecule has 0 heterocycles. The number of unbranched alkanes of at least 4 members (excludes halogenated alkanes) is 1. The summed E-state index contributed by atoms with van der Waals surface area (Å²) in [6, 6.07) is 8.11. The molecule has 0 amide bonds. The van der Waals surface area contributed by atoms with Crippen LogP contribution < -0.4 is 4.74 Å². The van der Waals surface area contributed by atoms with E-state index in [1.165, 1.54) is 0 Å². The molecule has 0 N–H and O–H groups in total. The first-order valence-corrected chi connectivity index (χ1v) is 7.87. The van der Waals surface area contributed by atoms with Crippen molar-refractivity contribution in [3.63, 3.8) is 0 Å². The highest BCUT2D eigenvalue weighted by Gasteiger charge is 2.15. The monoisotopic (exact) mass is 343 g/mol. The van der Waals surface area contributed by atoms with Crippen LogP contribution in [-0.2, 0) is 5.33 Å². The van der Waals surface area contributed by atoms with E-state index in [1.54, 1.807) is 0 Å². The van der Waals surface area contributed by atoms with Crippen LogP contribution in [0.5, 0.6) is 5.75 Å². The average Bonchev–Trinajstić information content (AvgIpc) is 2.39. The van der Waals surface area contributed by atoms with E-state index in [-0.39, 0.29) is 5.41 Å². The highest BCUT2D eigenvalue weighted by Crippen LogP contribution is 2.27. The first kappa shape index (κ1) is 16.3. The second-order valence-corrected chi connectivity index (χ2v) is 6.17. The molecule has 19 heavy (non-hydrogen) atoms. The van der Waals surface area contributed by atoms with Crippen molar-refractivity contribution >= 4 is 27.5 Å². The normalized spacial score (nSPS) is 11.1. The maximum atomic E-state index is 8.91. The molecule has 4 heteroatoms. The van der Waals surface area contributed by atoms with Gasteiger partial charge in [0, 0.05) is 5.33 Å². The van der Waals surface area contributed by atoms with E-state index in [1.807, 2.05) is 32.0 Å². The molecule has 0 saturated heterocycles. The molecule has 0 saturated carbocycles. The van der Waals surface area contributed by atoms with Crippen LogP contribution >= 0.6 is 27.5 Å². The Labute approximate surface area is 128 Å². The van der Waals surface area contributed by atoms with Crippen molar-refractivity contribution in [1.82, 2.24) is 0 Å². The summed E-state index contributed by atoms with van der Waals surface area (Å²) >= 11 is 9.52. The largest absolute Gasteiger partial charge is 0.492 e. The third kappa shape index (κ3) is 5.84. The van der Waals surface area contributed by atoms with Gasteiger partial charge >= 0.3 is 0 Å². The Bertz CT molecular complexity index is 454. The summed E-state index contributed by atoms with van der Waals surface area (Å²) < 4.78 is 5.65. The van der Waals surface area contributed by atoms with E-state index in [0.717, 1.165) is 35.9 Å². The molecule has 1 aromatic rings. The number of halogens is 2. The van der Waals surface area contributed by atoms with Gasteiger partial charge in [-0.05, 0) is 50.8 Å². The van der Waals surface area contributed by atoms with Gasteiger partial charge in [0.15, 0.2) is 0 Å². The lowest BCUT2D eigenvalue weighted by Gasteiger charge is -2.14. The quantitative estimate of drug-likeness (QED) is 0.494. The standard InChI is InChI=1S/C15H19BrClNO/c1-15(2,11-18)7-3-4-8-19-14-6-5-12(10-16)9-13(14)17/h5-6,9H,3-4,7-8,10H2,1-2H3. The van der Waals surface area contributed by atoms with Crippen molar-refractivity contribution in [2.75, 3.05) is 6.61 Å². The molecule has 0 aromatic heterocycles.